The van der Waals surface area contributed by atoms with E-state index in [1.54, 1.807) is 0 Å². The number of hydrogen-bond donors (Lipinski definition) is 2. The van der Waals surface area contributed by atoms with Gasteiger partial charge in [-0.2, -0.15) is 13.5 Å². The second kappa shape index (κ2) is 7.37. The average molecular weight is 367 g/mol. The molecule has 0 saturated heterocycles. The summed E-state index contributed by atoms with van der Waals surface area (Å²) in [6.07, 6.45) is -4.76. The Bertz CT molecular complexity index is 689. The number of alkyl halides is 3. The first-order valence-corrected chi connectivity index (χ1v) is 7.20. The van der Waals surface area contributed by atoms with Crippen LogP contribution in [0.25, 0.3) is 10.2 Å². The molecule has 0 aliphatic rings. The molecule has 0 saturated carbocycles. The lowest BCUT2D eigenvalue weighted by Gasteiger charge is -2.13. The predicted octanol–water partition coefficient (Wildman–Crippen LogP) is 3.23. The summed E-state index contributed by atoms with van der Waals surface area (Å²) in [5.41, 5.74) is 6.02. The highest BCUT2D eigenvalue weighted by Crippen LogP contribution is 2.31. The van der Waals surface area contributed by atoms with E-state index in [9.17, 15) is 18.0 Å². The highest BCUT2D eigenvalue weighted by molar-refractivity contribution is 7.59. The van der Waals surface area contributed by atoms with Gasteiger partial charge in [0.25, 0.3) is 0 Å². The number of carbonyl (C=O) groups is 1. The van der Waals surface area contributed by atoms with Crippen molar-refractivity contribution in [3.63, 3.8) is 0 Å². The summed E-state index contributed by atoms with van der Waals surface area (Å²) in [7, 11) is 0. The second-order valence-electron chi connectivity index (χ2n) is 4.96. The Kier molecular flexibility index (Phi) is 6.25. The average Bonchev–Trinajstić information content (AvgIpc) is 2.77. The number of thiazole rings is 1. The molecule has 2 rings (SSSR count). The lowest BCUT2D eigenvalue weighted by atomic mass is 10.1. The van der Waals surface area contributed by atoms with Gasteiger partial charge >= 0.3 is 6.36 Å². The monoisotopic (exact) mass is 367 g/mol. The molecule has 0 spiro atoms. The van der Waals surface area contributed by atoms with E-state index in [2.05, 4.69) is 15.0 Å². The lowest BCUT2D eigenvalue weighted by Crippen LogP contribution is -2.39. The van der Waals surface area contributed by atoms with Crippen molar-refractivity contribution in [3.8, 4) is 5.75 Å². The van der Waals surface area contributed by atoms with Crippen molar-refractivity contribution in [2.24, 2.45) is 11.7 Å². The van der Waals surface area contributed by atoms with Crippen molar-refractivity contribution in [3.05, 3.63) is 18.2 Å². The summed E-state index contributed by atoms with van der Waals surface area (Å²) < 4.78 is 41.0. The maximum Gasteiger partial charge on any atom is 0.573 e. The Morgan fingerprint density at radius 1 is 1.39 bits per heavy atom. The predicted molar refractivity (Wildman–Crippen MR) is 88.1 cm³/mol. The number of nitrogens with one attached hydrogen (secondary N) is 1. The molecule has 0 unspecified atom stereocenters. The zero-order chi connectivity index (χ0) is 16.5. The fourth-order valence-corrected chi connectivity index (χ4v) is 2.50. The Balaban J connectivity index is 0.00000264. The Morgan fingerprint density at radius 2 is 2.04 bits per heavy atom. The van der Waals surface area contributed by atoms with Gasteiger partial charge in [0.05, 0.1) is 16.3 Å². The number of aromatic nitrogens is 1. The van der Waals surface area contributed by atoms with Crippen LogP contribution in [0.5, 0.6) is 5.75 Å². The summed E-state index contributed by atoms with van der Waals surface area (Å²) in [5.74, 6) is -0.788. The molecule has 1 amide bonds. The summed E-state index contributed by atoms with van der Waals surface area (Å²) >= 11 is 1.15. The Hall–Kier alpha value is -1.52. The van der Waals surface area contributed by atoms with Gasteiger partial charge in [-0.15, -0.1) is 13.2 Å². The van der Waals surface area contributed by atoms with Gasteiger partial charge in [-0.1, -0.05) is 25.2 Å². The number of halogens is 3. The van der Waals surface area contributed by atoms with Gasteiger partial charge in [0.15, 0.2) is 5.13 Å². The molecule has 3 N–H and O–H groups in total. The highest BCUT2D eigenvalue weighted by Gasteiger charge is 2.31. The first kappa shape index (κ1) is 19.5. The Labute approximate surface area is 141 Å². The van der Waals surface area contributed by atoms with Gasteiger partial charge in [-0.25, -0.2) is 4.98 Å². The normalized spacial score (nSPS) is 12.8. The third-order valence-electron chi connectivity index (χ3n) is 2.84. The molecule has 0 aliphatic heterocycles. The number of ether oxygens (including phenoxy) is 1. The van der Waals surface area contributed by atoms with Crippen LogP contribution in [0.4, 0.5) is 18.3 Å². The number of amides is 1. The quantitative estimate of drug-likeness (QED) is 0.870. The minimum absolute atomic E-state index is 0. The van der Waals surface area contributed by atoms with E-state index in [-0.39, 0.29) is 36.2 Å². The van der Waals surface area contributed by atoms with Crippen molar-refractivity contribution in [1.82, 2.24) is 4.98 Å². The molecule has 1 aromatic heterocycles. The third-order valence-corrected chi connectivity index (χ3v) is 3.80. The molecule has 1 heterocycles. The van der Waals surface area contributed by atoms with E-state index in [0.717, 1.165) is 17.4 Å². The van der Waals surface area contributed by atoms with Gasteiger partial charge in [0.2, 0.25) is 5.91 Å². The molecule has 0 radical (unpaired) electrons. The molecule has 2 aromatic rings. The lowest BCUT2D eigenvalue weighted by molar-refractivity contribution is -0.274. The van der Waals surface area contributed by atoms with Gasteiger partial charge in [0.1, 0.15) is 5.75 Å². The smallest absolute Gasteiger partial charge is 0.406 e. The molecule has 0 bridgehead atoms. The summed E-state index contributed by atoms with van der Waals surface area (Å²) in [6, 6.07) is 3.12. The molecule has 1 aromatic carbocycles. The van der Waals surface area contributed by atoms with Crippen LogP contribution in [-0.4, -0.2) is 23.3 Å². The fourth-order valence-electron chi connectivity index (χ4n) is 1.65. The molecule has 23 heavy (non-hydrogen) atoms. The van der Waals surface area contributed by atoms with E-state index in [4.69, 9.17) is 5.73 Å². The van der Waals surface area contributed by atoms with Crippen LogP contribution in [0.3, 0.4) is 0 Å². The fraction of sp³-hybridized carbons (Fsp3) is 0.385. The number of nitrogens with zero attached hydrogens (tertiary/aromatic N) is 1. The third kappa shape index (κ3) is 5.26. The van der Waals surface area contributed by atoms with Crippen LogP contribution < -0.4 is 15.8 Å². The molecule has 0 fully saturated rings. The minimum atomic E-state index is -4.76. The van der Waals surface area contributed by atoms with E-state index >= 15 is 0 Å². The number of fused-ring (bicyclic) bond motifs is 1. The molecular weight excluding hydrogens is 351 g/mol. The van der Waals surface area contributed by atoms with Crippen LogP contribution >= 0.6 is 24.8 Å². The molecule has 10 heteroatoms. The molecule has 128 valence electrons. The topological polar surface area (TPSA) is 77.2 Å². The van der Waals surface area contributed by atoms with Crippen molar-refractivity contribution in [1.29, 1.82) is 0 Å². The van der Waals surface area contributed by atoms with Gasteiger partial charge in [0, 0.05) is 6.07 Å². The first-order valence-electron chi connectivity index (χ1n) is 6.38. The van der Waals surface area contributed by atoms with E-state index in [1.165, 1.54) is 12.1 Å². The first-order chi connectivity index (χ1) is 10.2. The highest BCUT2D eigenvalue weighted by atomic mass is 32.1. The van der Waals surface area contributed by atoms with Crippen molar-refractivity contribution in [2.75, 3.05) is 5.32 Å². The van der Waals surface area contributed by atoms with Gasteiger partial charge < -0.3 is 15.8 Å². The zero-order valence-corrected chi connectivity index (χ0v) is 14.1. The van der Waals surface area contributed by atoms with Crippen LogP contribution in [0.2, 0.25) is 0 Å². The number of rotatable bonds is 4. The number of benzene rings is 1. The minimum Gasteiger partial charge on any atom is -0.406 e. The maximum absolute atomic E-state index is 12.2. The SMILES string of the molecule is CC(C)[C@H](N)C(=O)Nc1nc2cc(OC(F)(F)F)ccc2s1.S. The van der Waals surface area contributed by atoms with Crippen LogP contribution in [-0.2, 0) is 4.79 Å². The van der Waals surface area contributed by atoms with Crippen LogP contribution in [0.15, 0.2) is 18.2 Å². The van der Waals surface area contributed by atoms with Crippen LogP contribution in [0.1, 0.15) is 13.8 Å². The van der Waals surface area contributed by atoms with E-state index in [0.29, 0.717) is 10.2 Å². The van der Waals surface area contributed by atoms with Crippen LogP contribution in [0, 0.1) is 5.92 Å². The molecule has 5 nitrogen and oxygen atoms in total. The summed E-state index contributed by atoms with van der Waals surface area (Å²) in [6.45, 7) is 3.62. The van der Waals surface area contributed by atoms with Crippen molar-refractivity contribution in [2.45, 2.75) is 26.3 Å². The Morgan fingerprint density at radius 3 is 2.61 bits per heavy atom. The standard InChI is InChI=1S/C13H14F3N3O2S.H2S/c1-6(2)10(17)11(20)19-12-18-8-5-7(21-13(14,15)16)3-4-9(8)22-12;/h3-6,10H,17H2,1-2H3,(H,18,19,20);1H2/t10-;/m0./s1. The maximum atomic E-state index is 12.2. The summed E-state index contributed by atoms with van der Waals surface area (Å²) in [5, 5.41) is 2.84. The van der Waals surface area contributed by atoms with Crippen molar-refractivity contribution < 1.29 is 22.7 Å². The molecule has 0 aliphatic carbocycles. The largest absolute Gasteiger partial charge is 0.573 e. The van der Waals surface area contributed by atoms with E-state index in [1.807, 2.05) is 13.8 Å². The van der Waals surface area contributed by atoms with Gasteiger partial charge in [-0.05, 0) is 18.1 Å². The second-order valence-corrected chi connectivity index (χ2v) is 5.99. The number of hydrogen-bond acceptors (Lipinski definition) is 5. The number of nitrogens with two attached hydrogens (primary N) is 1. The summed E-state index contributed by atoms with van der Waals surface area (Å²) in [4.78, 5) is 15.9. The number of carbonyl (C=O) groups excluding carboxylic acids is 1. The van der Waals surface area contributed by atoms with Crippen molar-refractivity contribution >= 4 is 46.1 Å². The van der Waals surface area contributed by atoms with Gasteiger partial charge in [-0.3, -0.25) is 4.79 Å². The molecule has 1 atom stereocenters. The van der Waals surface area contributed by atoms with E-state index < -0.39 is 12.4 Å². The molecular formula is C13H16F3N3O2S2. The zero-order valence-electron chi connectivity index (χ0n) is 12.3. The number of anilines is 1.